The zero-order chi connectivity index (χ0) is 16.4. The van der Waals surface area contributed by atoms with E-state index < -0.39 is 9.84 Å². The molecule has 0 radical (unpaired) electrons. The van der Waals surface area contributed by atoms with Crippen molar-refractivity contribution < 1.29 is 22.3 Å². The van der Waals surface area contributed by atoms with Crippen LogP contribution >= 0.6 is 0 Å². The zero-order valence-corrected chi connectivity index (χ0v) is 13.4. The van der Waals surface area contributed by atoms with Crippen LogP contribution in [0.4, 0.5) is 9.18 Å². The maximum absolute atomic E-state index is 13.0. The molecule has 3 rings (SSSR count). The standard InChI is InChI=1S/C15H19FN2O4S/c16-12-3-1-11(2-4-12)14-9-18(6-7-22-14)15(19)17-13-5-8-23(20,21)10-13/h1-4,13-14H,5-10H2,(H,17,19). The monoisotopic (exact) mass is 342 g/mol. The van der Waals surface area contributed by atoms with E-state index in [4.69, 9.17) is 4.74 Å². The molecule has 0 spiro atoms. The van der Waals surface area contributed by atoms with E-state index in [9.17, 15) is 17.6 Å². The van der Waals surface area contributed by atoms with Gasteiger partial charge in [0.1, 0.15) is 11.9 Å². The van der Waals surface area contributed by atoms with Crippen LogP contribution in [0.2, 0.25) is 0 Å². The minimum Gasteiger partial charge on any atom is -0.370 e. The molecule has 1 aromatic rings. The van der Waals surface area contributed by atoms with Crippen LogP contribution < -0.4 is 5.32 Å². The second-order valence-electron chi connectivity index (χ2n) is 5.91. The fraction of sp³-hybridized carbons (Fsp3) is 0.533. The molecule has 0 aromatic heterocycles. The fourth-order valence-corrected chi connectivity index (χ4v) is 4.56. The number of hydrogen-bond donors (Lipinski definition) is 1. The van der Waals surface area contributed by atoms with Crippen molar-refractivity contribution in [3.8, 4) is 0 Å². The highest BCUT2D eigenvalue weighted by Crippen LogP contribution is 2.22. The Morgan fingerprint density at radius 3 is 2.70 bits per heavy atom. The largest absolute Gasteiger partial charge is 0.370 e. The number of urea groups is 1. The summed E-state index contributed by atoms with van der Waals surface area (Å²) in [5, 5.41) is 2.78. The number of halogens is 1. The van der Waals surface area contributed by atoms with Crippen molar-refractivity contribution in [2.75, 3.05) is 31.2 Å². The highest BCUT2D eigenvalue weighted by atomic mass is 32.2. The van der Waals surface area contributed by atoms with Gasteiger partial charge in [0.05, 0.1) is 24.7 Å². The third-order valence-electron chi connectivity index (χ3n) is 4.16. The summed E-state index contributed by atoms with van der Waals surface area (Å²) in [6.07, 6.45) is 0.155. The van der Waals surface area contributed by atoms with Gasteiger partial charge in [0.2, 0.25) is 0 Å². The van der Waals surface area contributed by atoms with Gasteiger partial charge in [-0.15, -0.1) is 0 Å². The molecule has 2 unspecified atom stereocenters. The van der Waals surface area contributed by atoms with E-state index in [1.807, 2.05) is 0 Å². The predicted octanol–water partition coefficient (Wildman–Crippen LogP) is 1.10. The Kier molecular flexibility index (Phi) is 4.54. The number of sulfone groups is 1. The highest BCUT2D eigenvalue weighted by Gasteiger charge is 2.31. The Bertz CT molecular complexity index is 677. The van der Waals surface area contributed by atoms with Crippen LogP contribution in [0.15, 0.2) is 24.3 Å². The Morgan fingerprint density at radius 2 is 2.04 bits per heavy atom. The van der Waals surface area contributed by atoms with E-state index in [-0.39, 0.29) is 35.5 Å². The van der Waals surface area contributed by atoms with E-state index in [0.717, 1.165) is 5.56 Å². The number of nitrogens with zero attached hydrogens (tertiary/aromatic N) is 1. The molecule has 2 saturated heterocycles. The van der Waals surface area contributed by atoms with E-state index in [1.165, 1.54) is 12.1 Å². The van der Waals surface area contributed by atoms with Crippen LogP contribution in [-0.4, -0.2) is 56.6 Å². The van der Waals surface area contributed by atoms with Gasteiger partial charge in [-0.05, 0) is 24.1 Å². The first-order valence-corrected chi connectivity index (χ1v) is 9.38. The van der Waals surface area contributed by atoms with Crippen LogP contribution in [0.3, 0.4) is 0 Å². The maximum Gasteiger partial charge on any atom is 0.317 e. The first-order valence-electron chi connectivity index (χ1n) is 7.56. The number of carbonyl (C=O) groups is 1. The minimum absolute atomic E-state index is 0.00444. The molecule has 0 saturated carbocycles. The summed E-state index contributed by atoms with van der Waals surface area (Å²) < 4.78 is 41.5. The lowest BCUT2D eigenvalue weighted by atomic mass is 10.1. The maximum atomic E-state index is 13.0. The topological polar surface area (TPSA) is 75.7 Å². The average Bonchev–Trinajstić information content (AvgIpc) is 2.87. The molecule has 2 aliphatic rings. The molecular formula is C15H19FN2O4S. The van der Waals surface area contributed by atoms with Crippen molar-refractivity contribution in [2.24, 2.45) is 0 Å². The quantitative estimate of drug-likeness (QED) is 0.873. The lowest BCUT2D eigenvalue weighted by Crippen LogP contribution is -2.50. The first kappa shape index (κ1) is 16.2. The molecule has 23 heavy (non-hydrogen) atoms. The summed E-state index contributed by atoms with van der Waals surface area (Å²) >= 11 is 0. The lowest BCUT2D eigenvalue weighted by molar-refractivity contribution is -0.0157. The molecule has 2 atom stereocenters. The summed E-state index contributed by atoms with van der Waals surface area (Å²) in [5.74, 6) is -0.189. The van der Waals surface area contributed by atoms with Crippen LogP contribution in [0.25, 0.3) is 0 Å². The molecule has 2 fully saturated rings. The summed E-state index contributed by atoms with van der Waals surface area (Å²) in [4.78, 5) is 13.9. The van der Waals surface area contributed by atoms with Crippen molar-refractivity contribution in [3.05, 3.63) is 35.6 Å². The van der Waals surface area contributed by atoms with Crippen molar-refractivity contribution in [3.63, 3.8) is 0 Å². The fourth-order valence-electron chi connectivity index (χ4n) is 2.89. The molecule has 2 aliphatic heterocycles. The number of ether oxygens (including phenoxy) is 1. The van der Waals surface area contributed by atoms with Gasteiger partial charge in [-0.1, -0.05) is 12.1 Å². The van der Waals surface area contributed by atoms with Gasteiger partial charge in [0.15, 0.2) is 9.84 Å². The number of carbonyl (C=O) groups excluding carboxylic acids is 1. The molecule has 6 nitrogen and oxygen atoms in total. The highest BCUT2D eigenvalue weighted by molar-refractivity contribution is 7.91. The number of rotatable bonds is 2. The number of amides is 2. The Hall–Kier alpha value is -1.67. The van der Waals surface area contributed by atoms with Crippen LogP contribution in [-0.2, 0) is 14.6 Å². The zero-order valence-electron chi connectivity index (χ0n) is 12.6. The molecule has 1 N–H and O–H groups in total. The number of benzene rings is 1. The van der Waals surface area contributed by atoms with Gasteiger partial charge in [0.25, 0.3) is 0 Å². The van der Waals surface area contributed by atoms with Crippen LogP contribution in [0.5, 0.6) is 0 Å². The molecule has 2 amide bonds. The van der Waals surface area contributed by atoms with Gasteiger partial charge < -0.3 is 15.0 Å². The Balaban J connectivity index is 1.59. The second-order valence-corrected chi connectivity index (χ2v) is 8.14. The SMILES string of the molecule is O=C(NC1CCS(=O)(=O)C1)N1CCOC(c2ccc(F)cc2)C1. The number of nitrogens with one attached hydrogen (secondary N) is 1. The third-order valence-corrected chi connectivity index (χ3v) is 5.92. The Morgan fingerprint density at radius 1 is 1.30 bits per heavy atom. The van der Waals surface area contributed by atoms with Crippen LogP contribution in [0, 0.1) is 5.82 Å². The molecule has 0 aliphatic carbocycles. The van der Waals surface area contributed by atoms with E-state index in [1.54, 1.807) is 17.0 Å². The Labute approximate surface area is 134 Å². The van der Waals surface area contributed by atoms with E-state index >= 15 is 0 Å². The second kappa shape index (κ2) is 6.45. The molecule has 2 heterocycles. The molecular weight excluding hydrogens is 323 g/mol. The predicted molar refractivity (Wildman–Crippen MR) is 82.3 cm³/mol. The van der Waals surface area contributed by atoms with Crippen LogP contribution in [0.1, 0.15) is 18.1 Å². The molecule has 8 heteroatoms. The average molecular weight is 342 g/mol. The van der Waals surface area contributed by atoms with Gasteiger partial charge >= 0.3 is 6.03 Å². The third kappa shape index (κ3) is 4.00. The summed E-state index contributed by atoms with van der Waals surface area (Å²) in [6.45, 7) is 1.19. The van der Waals surface area contributed by atoms with E-state index in [0.29, 0.717) is 26.1 Å². The number of morpholine rings is 1. The lowest BCUT2D eigenvalue weighted by Gasteiger charge is -2.33. The van der Waals surface area contributed by atoms with Gasteiger partial charge in [-0.2, -0.15) is 0 Å². The van der Waals surface area contributed by atoms with Crippen molar-refractivity contribution in [2.45, 2.75) is 18.6 Å². The van der Waals surface area contributed by atoms with E-state index in [2.05, 4.69) is 5.32 Å². The van der Waals surface area contributed by atoms with Gasteiger partial charge in [-0.3, -0.25) is 0 Å². The molecule has 126 valence electrons. The minimum atomic E-state index is -3.02. The summed E-state index contributed by atoms with van der Waals surface area (Å²) in [6, 6.07) is 5.42. The van der Waals surface area contributed by atoms with Gasteiger partial charge in [0, 0.05) is 12.6 Å². The van der Waals surface area contributed by atoms with Crippen molar-refractivity contribution in [1.82, 2.24) is 10.2 Å². The van der Waals surface area contributed by atoms with Crippen molar-refractivity contribution in [1.29, 1.82) is 0 Å². The molecule has 0 bridgehead atoms. The first-order chi connectivity index (χ1) is 10.9. The summed E-state index contributed by atoms with van der Waals surface area (Å²) in [5.41, 5.74) is 0.812. The normalized spacial score (nSPS) is 26.9. The smallest absolute Gasteiger partial charge is 0.317 e. The summed E-state index contributed by atoms with van der Waals surface area (Å²) in [7, 11) is -3.02. The van der Waals surface area contributed by atoms with Gasteiger partial charge in [-0.25, -0.2) is 17.6 Å². The molecule has 1 aromatic carbocycles. The van der Waals surface area contributed by atoms with Crippen molar-refractivity contribution >= 4 is 15.9 Å². The number of hydrogen-bond acceptors (Lipinski definition) is 4.